The summed E-state index contributed by atoms with van der Waals surface area (Å²) in [5, 5.41) is 3.41. The Kier molecular flexibility index (Phi) is 5.38. The quantitative estimate of drug-likeness (QED) is 0.881. The Balaban J connectivity index is 0.00000161. The minimum absolute atomic E-state index is 0. The fourth-order valence-corrected chi connectivity index (χ4v) is 2.96. The third-order valence-corrected chi connectivity index (χ3v) is 4.10. The van der Waals surface area contributed by atoms with Crippen molar-refractivity contribution in [3.8, 4) is 0 Å². The fraction of sp³-hybridized carbons (Fsp3) is 0.333. The number of benzene rings is 2. The first-order valence-electron chi connectivity index (χ1n) is 7.30. The van der Waals surface area contributed by atoms with Gasteiger partial charge in [-0.1, -0.05) is 43.3 Å². The summed E-state index contributed by atoms with van der Waals surface area (Å²) in [6, 6.07) is 13.9. The lowest BCUT2D eigenvalue weighted by Gasteiger charge is -2.15. The van der Waals surface area contributed by atoms with Gasteiger partial charge in [0.05, 0.1) is 0 Å². The van der Waals surface area contributed by atoms with Gasteiger partial charge in [0.25, 0.3) is 0 Å². The summed E-state index contributed by atoms with van der Waals surface area (Å²) in [7, 11) is 0. The van der Waals surface area contributed by atoms with Gasteiger partial charge in [0.2, 0.25) is 0 Å². The number of halogens is 2. The van der Waals surface area contributed by atoms with Gasteiger partial charge in [-0.25, -0.2) is 4.39 Å². The Labute approximate surface area is 132 Å². The van der Waals surface area contributed by atoms with Crippen molar-refractivity contribution in [3.05, 3.63) is 70.5 Å². The molecule has 0 radical (unpaired) electrons. The molecule has 1 heterocycles. The molecule has 2 aromatic rings. The van der Waals surface area contributed by atoms with Gasteiger partial charge >= 0.3 is 0 Å². The van der Waals surface area contributed by atoms with E-state index in [-0.39, 0.29) is 18.2 Å². The molecule has 0 bridgehead atoms. The van der Waals surface area contributed by atoms with Crippen molar-refractivity contribution in [3.63, 3.8) is 0 Å². The molecule has 21 heavy (non-hydrogen) atoms. The lowest BCUT2D eigenvalue weighted by Crippen LogP contribution is -2.18. The number of nitrogens with one attached hydrogen (secondary N) is 1. The molecule has 1 nitrogen and oxygen atoms in total. The molecule has 0 spiro atoms. The Morgan fingerprint density at radius 1 is 1.19 bits per heavy atom. The summed E-state index contributed by atoms with van der Waals surface area (Å²) >= 11 is 0. The van der Waals surface area contributed by atoms with E-state index in [0.717, 1.165) is 36.2 Å². The summed E-state index contributed by atoms with van der Waals surface area (Å²) in [6.07, 6.45) is 1.59. The van der Waals surface area contributed by atoms with Crippen LogP contribution in [-0.2, 0) is 12.8 Å². The van der Waals surface area contributed by atoms with Crippen LogP contribution in [0.4, 0.5) is 4.39 Å². The first-order chi connectivity index (χ1) is 9.74. The van der Waals surface area contributed by atoms with Gasteiger partial charge < -0.3 is 5.32 Å². The molecular formula is C18H21ClFN. The second kappa shape index (κ2) is 7.06. The van der Waals surface area contributed by atoms with Crippen LogP contribution >= 0.6 is 12.4 Å². The average molecular weight is 306 g/mol. The smallest absolute Gasteiger partial charge is 0.127 e. The van der Waals surface area contributed by atoms with Gasteiger partial charge in [0, 0.05) is 13.0 Å². The van der Waals surface area contributed by atoms with Crippen LogP contribution in [0.5, 0.6) is 0 Å². The van der Waals surface area contributed by atoms with Crippen LogP contribution in [0.3, 0.4) is 0 Å². The van der Waals surface area contributed by atoms with Gasteiger partial charge in [-0.3, -0.25) is 0 Å². The van der Waals surface area contributed by atoms with Crippen LogP contribution < -0.4 is 5.32 Å². The topological polar surface area (TPSA) is 12.0 Å². The van der Waals surface area contributed by atoms with Crippen LogP contribution in [0.25, 0.3) is 0 Å². The summed E-state index contributed by atoms with van der Waals surface area (Å²) in [5.41, 5.74) is 4.44. The van der Waals surface area contributed by atoms with Crippen molar-refractivity contribution in [1.82, 2.24) is 5.32 Å². The molecule has 1 atom stereocenters. The molecule has 0 saturated heterocycles. The SMILES string of the molecule is CC1CNCCc2cc(F)c(Cc3ccccc3)cc21.Cl. The van der Waals surface area contributed by atoms with E-state index in [1.807, 2.05) is 18.2 Å². The van der Waals surface area contributed by atoms with E-state index >= 15 is 0 Å². The molecule has 2 aromatic carbocycles. The first kappa shape index (κ1) is 16.0. The van der Waals surface area contributed by atoms with Crippen LogP contribution in [-0.4, -0.2) is 13.1 Å². The molecule has 1 aliphatic heterocycles. The van der Waals surface area contributed by atoms with E-state index in [0.29, 0.717) is 12.3 Å². The van der Waals surface area contributed by atoms with E-state index in [4.69, 9.17) is 0 Å². The highest BCUT2D eigenvalue weighted by Gasteiger charge is 2.17. The Morgan fingerprint density at radius 3 is 2.71 bits per heavy atom. The van der Waals surface area contributed by atoms with Crippen molar-refractivity contribution < 1.29 is 4.39 Å². The Bertz CT molecular complexity index is 598. The van der Waals surface area contributed by atoms with Gasteiger partial charge in [-0.05, 0) is 47.2 Å². The highest BCUT2D eigenvalue weighted by atomic mass is 35.5. The zero-order valence-corrected chi connectivity index (χ0v) is 13.0. The number of hydrogen-bond donors (Lipinski definition) is 1. The second-order valence-corrected chi connectivity index (χ2v) is 5.66. The molecule has 0 aliphatic carbocycles. The third kappa shape index (κ3) is 3.63. The monoisotopic (exact) mass is 305 g/mol. The predicted octanol–water partition coefficient (Wildman–Crippen LogP) is 4.09. The zero-order valence-electron chi connectivity index (χ0n) is 12.2. The fourth-order valence-electron chi connectivity index (χ4n) is 2.96. The third-order valence-electron chi connectivity index (χ3n) is 4.10. The number of rotatable bonds is 2. The largest absolute Gasteiger partial charge is 0.316 e. The molecule has 0 aromatic heterocycles. The lowest BCUT2D eigenvalue weighted by atomic mass is 9.91. The highest BCUT2D eigenvalue weighted by molar-refractivity contribution is 5.85. The zero-order chi connectivity index (χ0) is 13.9. The lowest BCUT2D eigenvalue weighted by molar-refractivity contribution is 0.609. The maximum absolute atomic E-state index is 14.3. The minimum atomic E-state index is -0.0679. The second-order valence-electron chi connectivity index (χ2n) is 5.66. The van der Waals surface area contributed by atoms with E-state index in [1.165, 1.54) is 5.56 Å². The Morgan fingerprint density at radius 2 is 1.95 bits per heavy atom. The minimum Gasteiger partial charge on any atom is -0.316 e. The molecule has 0 amide bonds. The van der Waals surface area contributed by atoms with Gasteiger partial charge in [-0.15, -0.1) is 12.4 Å². The van der Waals surface area contributed by atoms with E-state index < -0.39 is 0 Å². The molecule has 1 unspecified atom stereocenters. The van der Waals surface area contributed by atoms with Crippen molar-refractivity contribution in [1.29, 1.82) is 0 Å². The van der Waals surface area contributed by atoms with Crippen LogP contribution in [0.1, 0.15) is 35.1 Å². The van der Waals surface area contributed by atoms with Crippen LogP contribution in [0.2, 0.25) is 0 Å². The molecule has 1 aliphatic rings. The molecule has 1 N–H and O–H groups in total. The number of hydrogen-bond acceptors (Lipinski definition) is 1. The maximum Gasteiger partial charge on any atom is 0.127 e. The van der Waals surface area contributed by atoms with Crippen molar-refractivity contribution in [2.45, 2.75) is 25.7 Å². The summed E-state index contributed by atoms with van der Waals surface area (Å²) in [5.74, 6) is 0.379. The van der Waals surface area contributed by atoms with Crippen LogP contribution in [0, 0.1) is 5.82 Å². The van der Waals surface area contributed by atoms with Gasteiger partial charge in [-0.2, -0.15) is 0 Å². The Hall–Kier alpha value is -1.38. The van der Waals surface area contributed by atoms with Gasteiger partial charge in [0.1, 0.15) is 5.82 Å². The maximum atomic E-state index is 14.3. The highest BCUT2D eigenvalue weighted by Crippen LogP contribution is 2.26. The molecule has 0 saturated carbocycles. The first-order valence-corrected chi connectivity index (χ1v) is 7.30. The normalized spacial score (nSPS) is 17.5. The molecule has 3 heteroatoms. The molecule has 112 valence electrons. The summed E-state index contributed by atoms with van der Waals surface area (Å²) < 4.78 is 14.3. The van der Waals surface area contributed by atoms with E-state index in [2.05, 4.69) is 30.4 Å². The molecule has 0 fully saturated rings. The summed E-state index contributed by atoms with van der Waals surface area (Å²) in [6.45, 7) is 4.12. The van der Waals surface area contributed by atoms with Crippen LogP contribution in [0.15, 0.2) is 42.5 Å². The average Bonchev–Trinajstić information content (AvgIpc) is 2.63. The summed E-state index contributed by atoms with van der Waals surface area (Å²) in [4.78, 5) is 0. The van der Waals surface area contributed by atoms with E-state index in [1.54, 1.807) is 6.07 Å². The van der Waals surface area contributed by atoms with E-state index in [9.17, 15) is 4.39 Å². The standard InChI is InChI=1S/C18H20FN.ClH/c1-13-12-20-8-7-15-11-18(19)16(10-17(13)15)9-14-5-3-2-4-6-14;/h2-6,10-11,13,20H,7-9,12H2,1H3;1H. The number of fused-ring (bicyclic) bond motifs is 1. The molecule has 3 rings (SSSR count). The predicted molar refractivity (Wildman–Crippen MR) is 87.9 cm³/mol. The molecular weight excluding hydrogens is 285 g/mol. The van der Waals surface area contributed by atoms with Crippen molar-refractivity contribution in [2.24, 2.45) is 0 Å². The van der Waals surface area contributed by atoms with Gasteiger partial charge in [0.15, 0.2) is 0 Å². The van der Waals surface area contributed by atoms with Crippen molar-refractivity contribution in [2.75, 3.05) is 13.1 Å². The van der Waals surface area contributed by atoms with Crippen molar-refractivity contribution >= 4 is 12.4 Å².